The van der Waals surface area contributed by atoms with Gasteiger partial charge in [0, 0.05) is 41.9 Å². The lowest BCUT2D eigenvalue weighted by Crippen LogP contribution is -2.53. The number of anilines is 1. The molecule has 1 aromatic carbocycles. The summed E-state index contributed by atoms with van der Waals surface area (Å²) in [6, 6.07) is 4.36. The third-order valence-corrected chi connectivity index (χ3v) is 4.52. The Bertz CT molecular complexity index is 625. The van der Waals surface area contributed by atoms with Crippen molar-refractivity contribution in [3.05, 3.63) is 28.2 Å². The molecule has 0 aromatic heterocycles. The number of hydrogen-bond acceptors (Lipinski definition) is 3. The summed E-state index contributed by atoms with van der Waals surface area (Å²) in [5.74, 6) is 0. The van der Waals surface area contributed by atoms with E-state index in [0.29, 0.717) is 15.7 Å². The summed E-state index contributed by atoms with van der Waals surface area (Å²) in [6.45, 7) is 0.859. The Balaban J connectivity index is 1.96. The molecular formula is C11H14Cl2N4O3S. The lowest BCUT2D eigenvalue weighted by atomic mass is 10.3. The van der Waals surface area contributed by atoms with Gasteiger partial charge in [-0.2, -0.15) is 12.7 Å². The molecule has 1 aliphatic rings. The number of carbonyl (C=O) groups is 1. The van der Waals surface area contributed by atoms with Crippen LogP contribution in [0.4, 0.5) is 10.5 Å². The first-order chi connectivity index (χ1) is 9.75. The molecule has 7 nitrogen and oxygen atoms in total. The van der Waals surface area contributed by atoms with Crippen molar-refractivity contribution < 1.29 is 13.2 Å². The normalized spacial score (nSPS) is 16.8. The third-order valence-electron chi connectivity index (χ3n) is 3.00. The summed E-state index contributed by atoms with van der Waals surface area (Å²) in [4.78, 5) is 13.6. The van der Waals surface area contributed by atoms with E-state index in [4.69, 9.17) is 28.3 Å². The van der Waals surface area contributed by atoms with Gasteiger partial charge < -0.3 is 10.2 Å². The van der Waals surface area contributed by atoms with E-state index in [2.05, 4.69) is 5.32 Å². The molecule has 1 saturated heterocycles. The van der Waals surface area contributed by atoms with Gasteiger partial charge in [-0.05, 0) is 18.2 Å². The van der Waals surface area contributed by atoms with Crippen molar-refractivity contribution in [3.8, 4) is 0 Å². The molecule has 1 heterocycles. The lowest BCUT2D eigenvalue weighted by Gasteiger charge is -2.32. The molecule has 21 heavy (non-hydrogen) atoms. The average Bonchev–Trinajstić information content (AvgIpc) is 2.36. The molecule has 1 aliphatic heterocycles. The van der Waals surface area contributed by atoms with Gasteiger partial charge in [-0.3, -0.25) is 0 Å². The van der Waals surface area contributed by atoms with Crippen LogP contribution < -0.4 is 10.5 Å². The van der Waals surface area contributed by atoms with Crippen LogP contribution in [0.5, 0.6) is 0 Å². The van der Waals surface area contributed by atoms with Crippen molar-refractivity contribution in [2.24, 2.45) is 5.14 Å². The fraction of sp³-hybridized carbons (Fsp3) is 0.364. The SMILES string of the molecule is NS(=O)(=O)N1CCN(C(=O)Nc2cc(Cl)cc(Cl)c2)CC1. The van der Waals surface area contributed by atoms with E-state index >= 15 is 0 Å². The number of halogens is 2. The van der Waals surface area contributed by atoms with Gasteiger partial charge in [0.25, 0.3) is 10.2 Å². The molecular weight excluding hydrogens is 339 g/mol. The van der Waals surface area contributed by atoms with Gasteiger partial charge in [-0.15, -0.1) is 0 Å². The number of nitrogens with zero attached hydrogens (tertiary/aromatic N) is 2. The fourth-order valence-electron chi connectivity index (χ4n) is 1.97. The van der Waals surface area contributed by atoms with Crippen LogP contribution in [0.15, 0.2) is 18.2 Å². The highest BCUT2D eigenvalue weighted by atomic mass is 35.5. The van der Waals surface area contributed by atoms with E-state index in [-0.39, 0.29) is 32.2 Å². The lowest BCUT2D eigenvalue weighted by molar-refractivity contribution is 0.184. The molecule has 0 radical (unpaired) electrons. The van der Waals surface area contributed by atoms with Crippen molar-refractivity contribution >= 4 is 45.1 Å². The Morgan fingerprint density at radius 3 is 2.10 bits per heavy atom. The summed E-state index contributed by atoms with van der Waals surface area (Å²) in [5, 5.41) is 8.53. The van der Waals surface area contributed by atoms with Crippen molar-refractivity contribution in [1.29, 1.82) is 0 Å². The van der Waals surface area contributed by atoms with Crippen molar-refractivity contribution in [1.82, 2.24) is 9.21 Å². The monoisotopic (exact) mass is 352 g/mol. The maximum Gasteiger partial charge on any atom is 0.321 e. The first-order valence-corrected chi connectivity index (χ1v) is 8.31. The summed E-state index contributed by atoms with van der Waals surface area (Å²) >= 11 is 11.7. The molecule has 0 unspecified atom stereocenters. The molecule has 10 heteroatoms. The minimum absolute atomic E-state index is 0.169. The molecule has 116 valence electrons. The minimum atomic E-state index is -3.71. The molecule has 0 bridgehead atoms. The summed E-state index contributed by atoms with van der Waals surface area (Å²) in [6.07, 6.45) is 0. The molecule has 1 aromatic rings. The van der Waals surface area contributed by atoms with Gasteiger partial charge in [-0.1, -0.05) is 23.2 Å². The predicted octanol–water partition coefficient (Wildman–Crippen LogP) is 1.35. The molecule has 3 N–H and O–H groups in total. The standard InChI is InChI=1S/C11H14Cl2N4O3S/c12-8-5-9(13)7-10(6-8)15-11(18)16-1-3-17(4-2-16)21(14,19)20/h5-7H,1-4H2,(H,15,18)(H2,14,19,20). The van der Waals surface area contributed by atoms with Crippen LogP contribution in [-0.4, -0.2) is 49.8 Å². The Morgan fingerprint density at radius 2 is 1.62 bits per heavy atom. The van der Waals surface area contributed by atoms with Crippen molar-refractivity contribution in [2.45, 2.75) is 0 Å². The summed E-state index contributed by atoms with van der Waals surface area (Å²) < 4.78 is 23.5. The second kappa shape index (κ2) is 6.37. The number of nitrogens with one attached hydrogen (secondary N) is 1. The Morgan fingerprint density at radius 1 is 1.10 bits per heavy atom. The van der Waals surface area contributed by atoms with Crippen LogP contribution >= 0.6 is 23.2 Å². The van der Waals surface area contributed by atoms with Crippen molar-refractivity contribution in [2.75, 3.05) is 31.5 Å². The number of piperazine rings is 1. The quantitative estimate of drug-likeness (QED) is 0.840. The second-order valence-corrected chi connectivity index (χ2v) is 6.94. The number of nitrogens with two attached hydrogens (primary N) is 1. The summed E-state index contributed by atoms with van der Waals surface area (Å²) in [5.41, 5.74) is 0.478. The average molecular weight is 353 g/mol. The van der Waals surface area contributed by atoms with Gasteiger partial charge in [0.05, 0.1) is 0 Å². The number of rotatable bonds is 2. The first-order valence-electron chi connectivity index (χ1n) is 6.05. The zero-order valence-electron chi connectivity index (χ0n) is 10.9. The van der Waals surface area contributed by atoms with E-state index in [1.54, 1.807) is 18.2 Å². The fourth-order valence-corrected chi connectivity index (χ4v) is 3.17. The molecule has 2 amide bonds. The highest BCUT2D eigenvalue weighted by Gasteiger charge is 2.26. The highest BCUT2D eigenvalue weighted by molar-refractivity contribution is 7.86. The Kier molecular flexibility index (Phi) is 4.95. The maximum atomic E-state index is 12.1. The molecule has 0 aliphatic carbocycles. The van der Waals surface area contributed by atoms with E-state index in [9.17, 15) is 13.2 Å². The maximum absolute atomic E-state index is 12.1. The second-order valence-electron chi connectivity index (χ2n) is 4.52. The minimum Gasteiger partial charge on any atom is -0.322 e. The first kappa shape index (κ1) is 16.3. The molecule has 2 rings (SSSR count). The van der Waals surface area contributed by atoms with Gasteiger partial charge in [0.2, 0.25) is 0 Å². The van der Waals surface area contributed by atoms with E-state index in [1.807, 2.05) is 0 Å². The topological polar surface area (TPSA) is 95.7 Å². The van der Waals surface area contributed by atoms with E-state index in [0.717, 1.165) is 4.31 Å². The Hall–Kier alpha value is -1.06. The largest absolute Gasteiger partial charge is 0.322 e. The van der Waals surface area contributed by atoms with Crippen LogP contribution in [-0.2, 0) is 10.2 Å². The number of benzene rings is 1. The van der Waals surface area contributed by atoms with Crippen molar-refractivity contribution in [3.63, 3.8) is 0 Å². The zero-order chi connectivity index (χ0) is 15.6. The van der Waals surface area contributed by atoms with Gasteiger partial charge in [0.15, 0.2) is 0 Å². The zero-order valence-corrected chi connectivity index (χ0v) is 13.2. The molecule has 0 spiro atoms. The van der Waals surface area contributed by atoms with Gasteiger partial charge in [-0.25, -0.2) is 9.93 Å². The van der Waals surface area contributed by atoms with Crippen LogP contribution in [0.2, 0.25) is 10.0 Å². The highest BCUT2D eigenvalue weighted by Crippen LogP contribution is 2.22. The van der Waals surface area contributed by atoms with Crippen LogP contribution in [0.3, 0.4) is 0 Å². The molecule has 0 saturated carbocycles. The third kappa shape index (κ3) is 4.45. The number of hydrogen-bond donors (Lipinski definition) is 2. The smallest absolute Gasteiger partial charge is 0.321 e. The molecule has 0 atom stereocenters. The van der Waals surface area contributed by atoms with Crippen LogP contribution in [0.1, 0.15) is 0 Å². The number of urea groups is 1. The van der Waals surface area contributed by atoms with Crippen LogP contribution in [0.25, 0.3) is 0 Å². The van der Waals surface area contributed by atoms with E-state index in [1.165, 1.54) is 4.90 Å². The van der Waals surface area contributed by atoms with Gasteiger partial charge >= 0.3 is 6.03 Å². The van der Waals surface area contributed by atoms with E-state index < -0.39 is 10.2 Å². The summed E-state index contributed by atoms with van der Waals surface area (Å²) in [7, 11) is -3.71. The van der Waals surface area contributed by atoms with Crippen LogP contribution in [0, 0.1) is 0 Å². The number of amides is 2. The number of carbonyl (C=O) groups excluding carboxylic acids is 1. The van der Waals surface area contributed by atoms with Gasteiger partial charge in [0.1, 0.15) is 0 Å². The molecule has 1 fully saturated rings. The Labute approximate surface area is 132 Å². The predicted molar refractivity (Wildman–Crippen MR) is 81.7 cm³/mol.